The molecule has 3 rings (SSSR count). The number of carbonyl (C=O) groups excluding carboxylic acids is 2. The van der Waals surface area contributed by atoms with E-state index in [0.717, 1.165) is 51.9 Å². The van der Waals surface area contributed by atoms with Crippen molar-refractivity contribution in [2.75, 3.05) is 44.7 Å². The number of benzene rings is 1. The van der Waals surface area contributed by atoms with Gasteiger partial charge in [0.05, 0.1) is 11.5 Å². The molecule has 0 unspecified atom stereocenters. The van der Waals surface area contributed by atoms with E-state index < -0.39 is 4.92 Å². The van der Waals surface area contributed by atoms with Crippen LogP contribution in [0.3, 0.4) is 0 Å². The first-order valence-electron chi connectivity index (χ1n) is 10.5. The van der Waals surface area contributed by atoms with Gasteiger partial charge in [-0.2, -0.15) is 0 Å². The minimum atomic E-state index is -0.456. The second-order valence-electron chi connectivity index (χ2n) is 8.02. The number of non-ortho nitro benzene ring substituents is 1. The number of hydrogen-bond acceptors (Lipinski definition) is 5. The lowest BCUT2D eigenvalue weighted by molar-refractivity contribution is -0.384. The van der Waals surface area contributed by atoms with Crippen LogP contribution in [-0.4, -0.2) is 66.3 Å². The van der Waals surface area contributed by atoms with Crippen molar-refractivity contribution in [1.29, 1.82) is 0 Å². The van der Waals surface area contributed by atoms with Crippen molar-refractivity contribution < 1.29 is 14.5 Å². The normalized spacial score (nSPS) is 18.9. The molecular formula is C21H30N4O4. The molecular weight excluding hydrogens is 372 g/mol. The molecule has 2 fully saturated rings. The van der Waals surface area contributed by atoms with Gasteiger partial charge in [-0.25, -0.2) is 0 Å². The SMILES string of the molecule is CN(C(=O)CN1CCC(C(=O)N2CCCCCC2)CC1)c1ccc([N+](=O)[O-])cc1. The minimum Gasteiger partial charge on any atom is -0.342 e. The van der Waals surface area contributed by atoms with E-state index >= 15 is 0 Å². The maximum Gasteiger partial charge on any atom is 0.269 e. The molecule has 0 bridgehead atoms. The lowest BCUT2D eigenvalue weighted by atomic mass is 9.95. The molecule has 8 heteroatoms. The number of rotatable bonds is 5. The summed E-state index contributed by atoms with van der Waals surface area (Å²) >= 11 is 0. The Morgan fingerprint density at radius 1 is 1.03 bits per heavy atom. The molecule has 1 aromatic carbocycles. The summed E-state index contributed by atoms with van der Waals surface area (Å²) in [5, 5.41) is 10.8. The molecule has 29 heavy (non-hydrogen) atoms. The van der Waals surface area contributed by atoms with Gasteiger partial charge in [-0.3, -0.25) is 24.6 Å². The number of nitro groups is 1. The average molecular weight is 402 g/mol. The summed E-state index contributed by atoms with van der Waals surface area (Å²) in [7, 11) is 1.68. The van der Waals surface area contributed by atoms with Gasteiger partial charge in [0, 0.05) is 43.9 Å². The van der Waals surface area contributed by atoms with Crippen LogP contribution in [0.15, 0.2) is 24.3 Å². The van der Waals surface area contributed by atoms with Crippen molar-refractivity contribution in [3.05, 3.63) is 34.4 Å². The van der Waals surface area contributed by atoms with Crippen LogP contribution >= 0.6 is 0 Å². The Bertz CT molecular complexity index is 721. The van der Waals surface area contributed by atoms with Crippen LogP contribution in [0.25, 0.3) is 0 Å². The summed E-state index contributed by atoms with van der Waals surface area (Å²) in [6, 6.07) is 5.97. The molecule has 1 aromatic rings. The predicted octanol–water partition coefficient (Wildman–Crippen LogP) is 2.67. The van der Waals surface area contributed by atoms with E-state index in [4.69, 9.17) is 0 Å². The Morgan fingerprint density at radius 3 is 2.17 bits per heavy atom. The number of nitrogens with zero attached hydrogens (tertiary/aromatic N) is 4. The number of nitro benzene ring substituents is 1. The second-order valence-corrected chi connectivity index (χ2v) is 8.02. The molecule has 0 spiro atoms. The molecule has 8 nitrogen and oxygen atoms in total. The van der Waals surface area contributed by atoms with E-state index in [-0.39, 0.29) is 24.1 Å². The lowest BCUT2D eigenvalue weighted by Crippen LogP contribution is -2.46. The number of carbonyl (C=O) groups is 2. The fourth-order valence-electron chi connectivity index (χ4n) is 4.13. The summed E-state index contributed by atoms with van der Waals surface area (Å²) in [4.78, 5) is 41.4. The van der Waals surface area contributed by atoms with Crippen molar-refractivity contribution in [3.63, 3.8) is 0 Å². The number of likely N-dealkylation sites (N-methyl/N-ethyl adjacent to an activating group) is 1. The van der Waals surface area contributed by atoms with Gasteiger partial charge in [-0.15, -0.1) is 0 Å². The fourth-order valence-corrected chi connectivity index (χ4v) is 4.13. The smallest absolute Gasteiger partial charge is 0.269 e. The fraction of sp³-hybridized carbons (Fsp3) is 0.619. The van der Waals surface area contributed by atoms with E-state index in [0.29, 0.717) is 11.6 Å². The summed E-state index contributed by atoms with van der Waals surface area (Å²) in [6.07, 6.45) is 6.23. The van der Waals surface area contributed by atoms with Gasteiger partial charge < -0.3 is 9.80 Å². The van der Waals surface area contributed by atoms with Crippen LogP contribution < -0.4 is 4.90 Å². The molecule has 0 aliphatic carbocycles. The zero-order valence-electron chi connectivity index (χ0n) is 17.1. The van der Waals surface area contributed by atoms with Gasteiger partial charge >= 0.3 is 0 Å². The van der Waals surface area contributed by atoms with E-state index in [1.165, 1.54) is 29.9 Å². The Kier molecular flexibility index (Phi) is 7.19. The van der Waals surface area contributed by atoms with Gasteiger partial charge in [-0.1, -0.05) is 12.8 Å². The highest BCUT2D eigenvalue weighted by molar-refractivity contribution is 5.94. The van der Waals surface area contributed by atoms with Crippen molar-refractivity contribution in [2.24, 2.45) is 5.92 Å². The zero-order valence-corrected chi connectivity index (χ0v) is 17.1. The first-order chi connectivity index (χ1) is 14.0. The second kappa shape index (κ2) is 9.82. The van der Waals surface area contributed by atoms with Crippen LogP contribution in [0.2, 0.25) is 0 Å². The summed E-state index contributed by atoms with van der Waals surface area (Å²) in [6.45, 7) is 3.54. The molecule has 2 saturated heterocycles. The Hall–Kier alpha value is -2.48. The molecule has 0 aromatic heterocycles. The van der Waals surface area contributed by atoms with Gasteiger partial charge in [-0.05, 0) is 50.9 Å². The molecule has 0 N–H and O–H groups in total. The highest BCUT2D eigenvalue weighted by atomic mass is 16.6. The van der Waals surface area contributed by atoms with E-state index in [2.05, 4.69) is 4.90 Å². The van der Waals surface area contributed by atoms with Gasteiger partial charge in [0.25, 0.3) is 5.69 Å². The maximum atomic E-state index is 12.8. The third kappa shape index (κ3) is 5.53. The summed E-state index contributed by atoms with van der Waals surface area (Å²) < 4.78 is 0. The van der Waals surface area contributed by atoms with Gasteiger partial charge in [0.15, 0.2) is 0 Å². The standard InChI is InChI=1S/C21H30N4O4/c1-22(18-6-8-19(9-7-18)25(28)29)20(26)16-23-14-10-17(11-15-23)21(27)24-12-4-2-3-5-13-24/h6-9,17H,2-5,10-16H2,1H3. The van der Waals surface area contributed by atoms with Crippen molar-refractivity contribution >= 4 is 23.2 Å². The number of anilines is 1. The van der Waals surface area contributed by atoms with Crippen LogP contribution in [0.4, 0.5) is 11.4 Å². The molecule has 158 valence electrons. The highest BCUT2D eigenvalue weighted by Gasteiger charge is 2.29. The Morgan fingerprint density at radius 2 is 1.62 bits per heavy atom. The molecule has 0 radical (unpaired) electrons. The molecule has 2 aliphatic heterocycles. The zero-order chi connectivity index (χ0) is 20.8. The third-order valence-electron chi connectivity index (χ3n) is 6.04. The van der Waals surface area contributed by atoms with Crippen LogP contribution in [-0.2, 0) is 9.59 Å². The number of hydrogen-bond donors (Lipinski definition) is 0. The topological polar surface area (TPSA) is 87.0 Å². The summed E-state index contributed by atoms with van der Waals surface area (Å²) in [5.41, 5.74) is 0.637. The summed E-state index contributed by atoms with van der Waals surface area (Å²) in [5.74, 6) is 0.309. The average Bonchev–Trinajstić information content (AvgIpc) is 3.03. The number of piperidine rings is 1. The minimum absolute atomic E-state index is 0.00532. The molecule has 2 heterocycles. The van der Waals surface area contributed by atoms with Gasteiger partial charge in [0.2, 0.25) is 11.8 Å². The van der Waals surface area contributed by atoms with E-state index in [9.17, 15) is 19.7 Å². The lowest BCUT2D eigenvalue weighted by Gasteiger charge is -2.34. The van der Waals surface area contributed by atoms with Crippen molar-refractivity contribution in [3.8, 4) is 0 Å². The molecule has 0 saturated carbocycles. The third-order valence-corrected chi connectivity index (χ3v) is 6.04. The van der Waals surface area contributed by atoms with E-state index in [1.54, 1.807) is 19.2 Å². The van der Waals surface area contributed by atoms with Crippen LogP contribution in [0.5, 0.6) is 0 Å². The van der Waals surface area contributed by atoms with Crippen LogP contribution in [0, 0.1) is 16.0 Å². The number of likely N-dealkylation sites (tertiary alicyclic amines) is 2. The highest BCUT2D eigenvalue weighted by Crippen LogP contribution is 2.23. The van der Waals surface area contributed by atoms with Crippen molar-refractivity contribution in [2.45, 2.75) is 38.5 Å². The van der Waals surface area contributed by atoms with E-state index in [1.807, 2.05) is 4.90 Å². The quantitative estimate of drug-likeness (QED) is 0.558. The van der Waals surface area contributed by atoms with Crippen molar-refractivity contribution in [1.82, 2.24) is 9.80 Å². The van der Waals surface area contributed by atoms with Gasteiger partial charge in [0.1, 0.15) is 0 Å². The monoisotopic (exact) mass is 402 g/mol. The predicted molar refractivity (Wildman–Crippen MR) is 111 cm³/mol. The largest absolute Gasteiger partial charge is 0.342 e. The first-order valence-corrected chi connectivity index (χ1v) is 10.5. The Balaban J connectivity index is 1.47. The number of amides is 2. The molecule has 0 atom stereocenters. The maximum absolute atomic E-state index is 12.8. The first kappa shape index (κ1) is 21.2. The molecule has 2 aliphatic rings. The Labute approximate surface area is 171 Å². The van der Waals surface area contributed by atoms with Crippen LogP contribution in [0.1, 0.15) is 38.5 Å². The molecule has 2 amide bonds.